The molecule has 66 heavy (non-hydrogen) atoms. The third-order valence-corrected chi connectivity index (χ3v) is 13.9. The van der Waals surface area contributed by atoms with Crippen LogP contribution in [0.15, 0.2) is 236 Å². The molecule has 316 valence electrons. The molecule has 1 aliphatic carbocycles. The standard InChI is InChI=1S/C64H50N2/c1-2-3-13-44-24-26-46(27-25-44)50-17-12-19-52(41-50)48-30-36-56(37-31-48)66-62-23-10-8-21-58(62)60-43-54(33-39-64(60)66)53-32-38-63-59(42-53)57-20-7-9-22-61(57)65(63)55-34-28-47(29-35-55)51-18-11-16-49(40-51)45-14-5-4-6-15-45/h4-12,14-26,28-43,46H,2-3,13,27H2,1H3. The van der Waals surface area contributed by atoms with Gasteiger partial charge in [0, 0.05) is 38.8 Å². The molecule has 9 aromatic carbocycles. The molecule has 12 rings (SSSR count). The Labute approximate surface area is 387 Å². The quantitative estimate of drug-likeness (QED) is 0.130. The molecule has 0 radical (unpaired) electrons. The Morgan fingerprint density at radius 1 is 0.394 bits per heavy atom. The first-order valence-corrected chi connectivity index (χ1v) is 23.6. The van der Waals surface area contributed by atoms with Crippen LogP contribution in [0.3, 0.4) is 0 Å². The molecule has 1 unspecified atom stereocenters. The molecule has 0 amide bonds. The van der Waals surface area contributed by atoms with Gasteiger partial charge in [0.1, 0.15) is 0 Å². The lowest BCUT2D eigenvalue weighted by atomic mass is 9.87. The summed E-state index contributed by atoms with van der Waals surface area (Å²) in [6, 6.07) is 78.4. The SMILES string of the molecule is CCCCC1=CCC(c2cccc(-c3ccc(-n4c5ccccc5c5cc(-c6ccc7c(c6)c6ccccc6n7-c6ccc(-c7cccc(-c8ccccc8)c7)cc6)ccc54)cc3)c2)C=C1. The number of nitrogens with zero attached hydrogens (tertiary/aromatic N) is 2. The summed E-state index contributed by atoms with van der Waals surface area (Å²) in [6.07, 6.45) is 12.0. The van der Waals surface area contributed by atoms with Crippen LogP contribution in [0, 0.1) is 0 Å². The maximum Gasteiger partial charge on any atom is 0.0541 e. The van der Waals surface area contributed by atoms with Crippen molar-refractivity contribution >= 4 is 43.6 Å². The fraction of sp³-hybridized carbons (Fsp3) is 0.0938. The maximum atomic E-state index is 2.45. The van der Waals surface area contributed by atoms with Crippen molar-refractivity contribution in [3.63, 3.8) is 0 Å². The topological polar surface area (TPSA) is 9.86 Å². The van der Waals surface area contributed by atoms with E-state index in [1.54, 1.807) is 0 Å². The highest BCUT2D eigenvalue weighted by atomic mass is 15.0. The van der Waals surface area contributed by atoms with Gasteiger partial charge in [0.05, 0.1) is 22.1 Å². The molecule has 2 aromatic heterocycles. The van der Waals surface area contributed by atoms with E-state index < -0.39 is 0 Å². The van der Waals surface area contributed by atoms with E-state index >= 15 is 0 Å². The second-order valence-electron chi connectivity index (χ2n) is 17.9. The first-order valence-electron chi connectivity index (χ1n) is 23.6. The van der Waals surface area contributed by atoms with Crippen molar-refractivity contribution < 1.29 is 0 Å². The number of allylic oxidation sites excluding steroid dienone is 4. The maximum absolute atomic E-state index is 2.45. The van der Waals surface area contributed by atoms with Gasteiger partial charge in [0.15, 0.2) is 0 Å². The van der Waals surface area contributed by atoms with E-state index in [9.17, 15) is 0 Å². The van der Waals surface area contributed by atoms with Gasteiger partial charge in [-0.25, -0.2) is 0 Å². The third kappa shape index (κ3) is 7.16. The molecule has 0 fully saturated rings. The van der Waals surface area contributed by atoms with Crippen LogP contribution in [-0.4, -0.2) is 9.13 Å². The van der Waals surface area contributed by atoms with Crippen LogP contribution in [0.25, 0.3) is 99.5 Å². The Bertz CT molecular complexity index is 3630. The van der Waals surface area contributed by atoms with Gasteiger partial charge in [-0.05, 0) is 136 Å². The zero-order valence-corrected chi connectivity index (χ0v) is 37.2. The number of unbranched alkanes of at least 4 members (excludes halogenated alkanes) is 1. The monoisotopic (exact) mass is 846 g/mol. The fourth-order valence-electron chi connectivity index (χ4n) is 10.4. The van der Waals surface area contributed by atoms with Gasteiger partial charge < -0.3 is 9.13 Å². The van der Waals surface area contributed by atoms with E-state index in [0.717, 1.165) is 17.8 Å². The average Bonchev–Trinajstić information content (AvgIpc) is 3.91. The molecule has 2 nitrogen and oxygen atoms in total. The highest BCUT2D eigenvalue weighted by Gasteiger charge is 2.17. The Kier molecular flexibility index (Phi) is 10.1. The van der Waals surface area contributed by atoms with Crippen molar-refractivity contribution in [3.05, 3.63) is 242 Å². The molecule has 0 N–H and O–H groups in total. The van der Waals surface area contributed by atoms with E-state index in [4.69, 9.17) is 0 Å². The number of rotatable bonds is 10. The summed E-state index contributed by atoms with van der Waals surface area (Å²) in [4.78, 5) is 0. The minimum Gasteiger partial charge on any atom is -0.309 e. The summed E-state index contributed by atoms with van der Waals surface area (Å²) in [5.74, 6) is 0.429. The fourth-order valence-corrected chi connectivity index (χ4v) is 10.4. The number of benzene rings is 9. The summed E-state index contributed by atoms with van der Waals surface area (Å²) < 4.78 is 4.83. The molecule has 0 spiro atoms. The van der Waals surface area contributed by atoms with Crippen molar-refractivity contribution in [3.8, 4) is 55.9 Å². The largest absolute Gasteiger partial charge is 0.309 e. The minimum atomic E-state index is 0.429. The average molecular weight is 847 g/mol. The van der Waals surface area contributed by atoms with Crippen molar-refractivity contribution in [2.45, 2.75) is 38.5 Å². The second kappa shape index (κ2) is 16.9. The predicted octanol–water partition coefficient (Wildman–Crippen LogP) is 17.7. The Morgan fingerprint density at radius 2 is 0.848 bits per heavy atom. The van der Waals surface area contributed by atoms with E-state index in [0.29, 0.717) is 5.92 Å². The molecule has 0 saturated carbocycles. The van der Waals surface area contributed by atoms with Gasteiger partial charge in [-0.15, -0.1) is 0 Å². The molecular formula is C64H50N2. The first-order chi connectivity index (χ1) is 32.7. The number of para-hydroxylation sites is 2. The van der Waals surface area contributed by atoms with E-state index in [1.165, 1.54) is 119 Å². The summed E-state index contributed by atoms with van der Waals surface area (Å²) >= 11 is 0. The number of hydrogen-bond acceptors (Lipinski definition) is 0. The minimum absolute atomic E-state index is 0.429. The van der Waals surface area contributed by atoms with Crippen LogP contribution < -0.4 is 0 Å². The van der Waals surface area contributed by atoms with Gasteiger partial charge in [0.2, 0.25) is 0 Å². The van der Waals surface area contributed by atoms with E-state index in [1.807, 2.05) is 0 Å². The first kappa shape index (κ1) is 39.6. The number of fused-ring (bicyclic) bond motifs is 6. The van der Waals surface area contributed by atoms with Crippen LogP contribution >= 0.6 is 0 Å². The lowest BCUT2D eigenvalue weighted by Gasteiger charge is -2.18. The van der Waals surface area contributed by atoms with Gasteiger partial charge in [0.25, 0.3) is 0 Å². The Morgan fingerprint density at radius 3 is 1.39 bits per heavy atom. The van der Waals surface area contributed by atoms with Crippen molar-refractivity contribution in [2.75, 3.05) is 0 Å². The molecule has 2 heterocycles. The predicted molar refractivity (Wildman–Crippen MR) is 281 cm³/mol. The van der Waals surface area contributed by atoms with Gasteiger partial charge >= 0.3 is 0 Å². The molecule has 2 heteroatoms. The molecule has 1 aliphatic rings. The summed E-state index contributed by atoms with van der Waals surface area (Å²) in [5.41, 5.74) is 19.8. The van der Waals surface area contributed by atoms with E-state index in [2.05, 4.69) is 247 Å². The Balaban J connectivity index is 0.859. The van der Waals surface area contributed by atoms with Crippen LogP contribution in [0.1, 0.15) is 44.1 Å². The Hall–Kier alpha value is -7.94. The molecule has 0 saturated heterocycles. The highest BCUT2D eigenvalue weighted by molar-refractivity contribution is 6.12. The van der Waals surface area contributed by atoms with Crippen molar-refractivity contribution in [2.24, 2.45) is 0 Å². The smallest absolute Gasteiger partial charge is 0.0541 e. The molecule has 0 bridgehead atoms. The lowest BCUT2D eigenvalue weighted by molar-refractivity contribution is 0.773. The number of hydrogen-bond donors (Lipinski definition) is 0. The zero-order valence-electron chi connectivity index (χ0n) is 37.2. The molecule has 1 atom stereocenters. The molecular weight excluding hydrogens is 797 g/mol. The van der Waals surface area contributed by atoms with Crippen LogP contribution in [0.4, 0.5) is 0 Å². The van der Waals surface area contributed by atoms with Crippen molar-refractivity contribution in [1.82, 2.24) is 9.13 Å². The van der Waals surface area contributed by atoms with Gasteiger partial charge in [-0.1, -0.05) is 183 Å². The highest BCUT2D eigenvalue weighted by Crippen LogP contribution is 2.39. The number of aromatic nitrogens is 2. The normalized spacial score (nSPS) is 13.8. The van der Waals surface area contributed by atoms with E-state index in [-0.39, 0.29) is 0 Å². The van der Waals surface area contributed by atoms with Crippen LogP contribution in [-0.2, 0) is 0 Å². The summed E-state index contributed by atoms with van der Waals surface area (Å²) in [7, 11) is 0. The summed E-state index contributed by atoms with van der Waals surface area (Å²) in [5, 5.41) is 5.01. The van der Waals surface area contributed by atoms with Crippen molar-refractivity contribution in [1.29, 1.82) is 0 Å². The van der Waals surface area contributed by atoms with Gasteiger partial charge in [-0.2, -0.15) is 0 Å². The van der Waals surface area contributed by atoms with Crippen LogP contribution in [0.2, 0.25) is 0 Å². The zero-order chi connectivity index (χ0) is 44.0. The molecule has 11 aromatic rings. The summed E-state index contributed by atoms with van der Waals surface area (Å²) in [6.45, 7) is 2.27. The second-order valence-corrected chi connectivity index (χ2v) is 17.9. The lowest BCUT2D eigenvalue weighted by Crippen LogP contribution is -1.99. The van der Waals surface area contributed by atoms with Gasteiger partial charge in [-0.3, -0.25) is 0 Å². The third-order valence-electron chi connectivity index (χ3n) is 13.9. The molecule has 0 aliphatic heterocycles. The van der Waals surface area contributed by atoms with Crippen LogP contribution in [0.5, 0.6) is 0 Å².